The van der Waals surface area contributed by atoms with Crippen LogP contribution in [-0.4, -0.2) is 45.4 Å². The number of nitrogens with zero attached hydrogens (tertiary/aromatic N) is 3. The third-order valence-electron chi connectivity index (χ3n) is 2.97. The van der Waals surface area contributed by atoms with E-state index in [-0.39, 0.29) is 6.01 Å². The summed E-state index contributed by atoms with van der Waals surface area (Å²) in [7, 11) is 3.19. The fraction of sp³-hybridized carbons (Fsp3) is 0.727. The Morgan fingerprint density at radius 3 is 2.06 bits per heavy atom. The zero-order chi connectivity index (χ0) is 14.0. The van der Waals surface area contributed by atoms with Crippen molar-refractivity contribution in [2.75, 3.05) is 24.8 Å². The molecule has 0 bridgehead atoms. The number of hydrogen-bond donors (Lipinski definition) is 3. The van der Waals surface area contributed by atoms with E-state index in [0.29, 0.717) is 11.9 Å². The molecule has 1 rings (SSSR count). The van der Waals surface area contributed by atoms with Gasteiger partial charge >= 0.3 is 6.01 Å². The number of aromatic nitrogens is 3. The van der Waals surface area contributed by atoms with E-state index >= 15 is 0 Å². The summed E-state index contributed by atoms with van der Waals surface area (Å²) in [5, 5.41) is 16.0. The van der Waals surface area contributed by atoms with Crippen molar-refractivity contribution in [1.82, 2.24) is 15.0 Å². The van der Waals surface area contributed by atoms with Crippen molar-refractivity contribution in [1.29, 1.82) is 0 Å². The first-order chi connectivity index (χ1) is 8.19. The van der Waals surface area contributed by atoms with E-state index in [2.05, 4.69) is 25.6 Å². The molecule has 0 spiro atoms. The van der Waals surface area contributed by atoms with Crippen molar-refractivity contribution in [3.8, 4) is 6.01 Å². The average Bonchev–Trinajstić information content (AvgIpc) is 2.26. The quantitative estimate of drug-likeness (QED) is 0.719. The maximum Gasteiger partial charge on any atom is 0.322 e. The zero-order valence-electron chi connectivity index (χ0n) is 11.7. The molecule has 0 aromatic carbocycles. The predicted molar refractivity (Wildman–Crippen MR) is 69.9 cm³/mol. The molecule has 0 saturated heterocycles. The summed E-state index contributed by atoms with van der Waals surface area (Å²) in [5.74, 6) is 0.745. The second kappa shape index (κ2) is 4.93. The number of rotatable bonds is 5. The topological polar surface area (TPSA) is 92.2 Å². The van der Waals surface area contributed by atoms with Gasteiger partial charge in [0.1, 0.15) is 0 Å². The molecule has 0 aliphatic heterocycles. The van der Waals surface area contributed by atoms with Gasteiger partial charge in [-0.05, 0) is 27.7 Å². The predicted octanol–water partition coefficient (Wildman–Crippen LogP) is 0.883. The molecule has 1 aromatic rings. The molecule has 7 nitrogen and oxygen atoms in total. The SMILES string of the molecule is CNc1nc(NC(C)(C)C(C)(C)O)nc(OC)n1. The van der Waals surface area contributed by atoms with Crippen molar-refractivity contribution in [3.05, 3.63) is 0 Å². The number of aliphatic hydroxyl groups is 1. The monoisotopic (exact) mass is 255 g/mol. The second-order valence-electron chi connectivity index (χ2n) is 5.03. The Labute approximate surface area is 107 Å². The minimum absolute atomic E-state index is 0.211. The minimum Gasteiger partial charge on any atom is -0.467 e. The fourth-order valence-corrected chi connectivity index (χ4v) is 1.05. The molecule has 3 N–H and O–H groups in total. The minimum atomic E-state index is -0.938. The fourth-order valence-electron chi connectivity index (χ4n) is 1.05. The van der Waals surface area contributed by atoms with Gasteiger partial charge in [0.15, 0.2) is 0 Å². The van der Waals surface area contributed by atoms with Crippen LogP contribution < -0.4 is 15.4 Å². The van der Waals surface area contributed by atoms with Crippen LogP contribution in [0.25, 0.3) is 0 Å². The standard InChI is InChI=1S/C11H21N5O2/c1-10(2,11(3,4)17)16-8-13-7(12-5)14-9(15-8)18-6/h17H,1-6H3,(H2,12,13,14,15,16). The van der Waals surface area contributed by atoms with Crippen molar-refractivity contribution in [2.24, 2.45) is 0 Å². The van der Waals surface area contributed by atoms with Crippen LogP contribution in [0.5, 0.6) is 6.01 Å². The van der Waals surface area contributed by atoms with E-state index in [0.717, 1.165) is 0 Å². The number of nitrogens with one attached hydrogen (secondary N) is 2. The van der Waals surface area contributed by atoms with E-state index < -0.39 is 11.1 Å². The molecule has 0 aliphatic carbocycles. The Kier molecular flexibility index (Phi) is 3.95. The lowest BCUT2D eigenvalue weighted by Gasteiger charge is -2.37. The molecule has 0 aliphatic rings. The van der Waals surface area contributed by atoms with Crippen molar-refractivity contribution < 1.29 is 9.84 Å². The summed E-state index contributed by atoms with van der Waals surface area (Å²) in [5.41, 5.74) is -1.54. The van der Waals surface area contributed by atoms with Crippen molar-refractivity contribution >= 4 is 11.9 Å². The van der Waals surface area contributed by atoms with Gasteiger partial charge in [-0.25, -0.2) is 0 Å². The Bertz CT molecular complexity index is 392. The first-order valence-corrected chi connectivity index (χ1v) is 5.68. The maximum atomic E-state index is 10.1. The molecular formula is C11H21N5O2. The molecule has 0 fully saturated rings. The van der Waals surface area contributed by atoms with Gasteiger partial charge in [0, 0.05) is 7.05 Å². The third-order valence-corrected chi connectivity index (χ3v) is 2.97. The van der Waals surface area contributed by atoms with Gasteiger partial charge in [0.25, 0.3) is 0 Å². The molecule has 7 heteroatoms. The van der Waals surface area contributed by atoms with Crippen LogP contribution in [0.2, 0.25) is 0 Å². The van der Waals surface area contributed by atoms with Crippen LogP contribution in [-0.2, 0) is 0 Å². The lowest BCUT2D eigenvalue weighted by molar-refractivity contribution is 0.0236. The van der Waals surface area contributed by atoms with Crippen LogP contribution in [0.1, 0.15) is 27.7 Å². The van der Waals surface area contributed by atoms with E-state index in [9.17, 15) is 5.11 Å². The average molecular weight is 255 g/mol. The van der Waals surface area contributed by atoms with Gasteiger partial charge in [-0.2, -0.15) is 15.0 Å². The number of anilines is 2. The van der Waals surface area contributed by atoms with E-state index in [1.165, 1.54) is 7.11 Å². The van der Waals surface area contributed by atoms with E-state index in [4.69, 9.17) is 4.74 Å². The van der Waals surface area contributed by atoms with Gasteiger partial charge in [-0.3, -0.25) is 0 Å². The highest BCUT2D eigenvalue weighted by atomic mass is 16.5. The Morgan fingerprint density at radius 2 is 1.61 bits per heavy atom. The number of methoxy groups -OCH3 is 1. The highest BCUT2D eigenvalue weighted by Gasteiger charge is 2.35. The first kappa shape index (κ1) is 14.4. The maximum absolute atomic E-state index is 10.1. The smallest absolute Gasteiger partial charge is 0.322 e. The summed E-state index contributed by atoms with van der Waals surface area (Å²) in [6.45, 7) is 7.17. The van der Waals surface area contributed by atoms with Crippen LogP contribution in [0.3, 0.4) is 0 Å². The lowest BCUT2D eigenvalue weighted by atomic mass is 9.86. The zero-order valence-corrected chi connectivity index (χ0v) is 11.7. The van der Waals surface area contributed by atoms with E-state index in [1.54, 1.807) is 20.9 Å². The van der Waals surface area contributed by atoms with Gasteiger partial charge in [-0.15, -0.1) is 0 Å². The van der Waals surface area contributed by atoms with Gasteiger partial charge in [-0.1, -0.05) is 0 Å². The van der Waals surface area contributed by atoms with Gasteiger partial charge < -0.3 is 20.5 Å². The Morgan fingerprint density at radius 1 is 1.06 bits per heavy atom. The van der Waals surface area contributed by atoms with Crippen LogP contribution in [0.4, 0.5) is 11.9 Å². The number of ether oxygens (including phenoxy) is 1. The highest BCUT2D eigenvalue weighted by molar-refractivity contribution is 5.38. The molecule has 0 saturated carbocycles. The van der Waals surface area contributed by atoms with Crippen LogP contribution >= 0.6 is 0 Å². The Hall–Kier alpha value is -1.63. The molecule has 0 atom stereocenters. The summed E-state index contributed by atoms with van der Waals surface area (Å²) in [6.07, 6.45) is 0. The molecular weight excluding hydrogens is 234 g/mol. The molecule has 1 heterocycles. The summed E-state index contributed by atoms with van der Waals surface area (Å²) < 4.78 is 4.99. The molecule has 1 aromatic heterocycles. The Balaban J connectivity index is 3.04. The molecule has 18 heavy (non-hydrogen) atoms. The second-order valence-corrected chi connectivity index (χ2v) is 5.03. The van der Waals surface area contributed by atoms with Gasteiger partial charge in [0.2, 0.25) is 11.9 Å². The normalized spacial score (nSPS) is 12.2. The first-order valence-electron chi connectivity index (χ1n) is 5.68. The van der Waals surface area contributed by atoms with E-state index in [1.807, 2.05) is 13.8 Å². The number of hydrogen-bond acceptors (Lipinski definition) is 7. The molecule has 102 valence electrons. The molecule has 0 radical (unpaired) electrons. The molecule has 0 unspecified atom stereocenters. The summed E-state index contributed by atoms with van der Waals surface area (Å²) in [6, 6.07) is 0.211. The lowest BCUT2D eigenvalue weighted by Crippen LogP contribution is -2.51. The highest BCUT2D eigenvalue weighted by Crippen LogP contribution is 2.25. The third kappa shape index (κ3) is 3.19. The molecule has 0 amide bonds. The van der Waals surface area contributed by atoms with Gasteiger partial charge in [0.05, 0.1) is 18.2 Å². The van der Waals surface area contributed by atoms with Crippen molar-refractivity contribution in [2.45, 2.75) is 38.8 Å². The largest absolute Gasteiger partial charge is 0.467 e. The van der Waals surface area contributed by atoms with Crippen LogP contribution in [0.15, 0.2) is 0 Å². The summed E-state index contributed by atoms with van der Waals surface area (Å²) >= 11 is 0. The van der Waals surface area contributed by atoms with Crippen LogP contribution in [0, 0.1) is 0 Å². The summed E-state index contributed by atoms with van der Waals surface area (Å²) in [4.78, 5) is 12.3. The van der Waals surface area contributed by atoms with Crippen molar-refractivity contribution in [3.63, 3.8) is 0 Å².